The number of hydrogen-bond donors (Lipinski definition) is 1. The number of rotatable bonds is 4. The van der Waals surface area contributed by atoms with Crippen LogP contribution in [0, 0.1) is 11.6 Å². The molecule has 0 heterocycles. The normalized spacial score (nSPS) is 12.6. The summed E-state index contributed by atoms with van der Waals surface area (Å²) in [7, 11) is 1.37. The fourth-order valence-corrected chi connectivity index (χ4v) is 1.31. The molecule has 0 aliphatic heterocycles. The Hall–Kier alpha value is -1.16. The fourth-order valence-electron chi connectivity index (χ4n) is 1.31. The van der Waals surface area contributed by atoms with E-state index in [0.29, 0.717) is 12.8 Å². The first-order valence-electron chi connectivity index (χ1n) is 4.82. The van der Waals surface area contributed by atoms with Crippen molar-refractivity contribution >= 4 is 0 Å². The largest absolute Gasteiger partial charge is 0.497 e. The van der Waals surface area contributed by atoms with Crippen molar-refractivity contribution in [2.24, 2.45) is 5.73 Å². The molecule has 0 radical (unpaired) electrons. The van der Waals surface area contributed by atoms with Gasteiger partial charge in [0.1, 0.15) is 17.4 Å². The highest BCUT2D eigenvalue weighted by atomic mass is 19.1. The third-order valence-electron chi connectivity index (χ3n) is 2.20. The van der Waals surface area contributed by atoms with Crippen LogP contribution in [0.25, 0.3) is 0 Å². The van der Waals surface area contributed by atoms with Gasteiger partial charge in [-0.1, -0.05) is 0 Å². The van der Waals surface area contributed by atoms with Crippen molar-refractivity contribution in [1.82, 2.24) is 0 Å². The lowest BCUT2D eigenvalue weighted by atomic mass is 10.1. The van der Waals surface area contributed by atoms with Crippen LogP contribution in [0.15, 0.2) is 12.1 Å². The van der Waals surface area contributed by atoms with Gasteiger partial charge in [-0.05, 0) is 19.8 Å². The van der Waals surface area contributed by atoms with E-state index in [1.54, 1.807) is 6.92 Å². The minimum atomic E-state index is -0.576. The van der Waals surface area contributed by atoms with Gasteiger partial charge in [-0.15, -0.1) is 0 Å². The second-order valence-electron chi connectivity index (χ2n) is 3.59. The van der Waals surface area contributed by atoms with E-state index in [-0.39, 0.29) is 17.4 Å². The number of ether oxygens (including phenoxy) is 1. The summed E-state index contributed by atoms with van der Waals surface area (Å²) in [6, 6.07) is 2.30. The first-order chi connectivity index (χ1) is 7.04. The zero-order valence-corrected chi connectivity index (χ0v) is 8.89. The van der Waals surface area contributed by atoms with Crippen LogP contribution in [0.5, 0.6) is 5.75 Å². The van der Waals surface area contributed by atoms with Crippen LogP contribution in [0.3, 0.4) is 0 Å². The second kappa shape index (κ2) is 5.07. The Morgan fingerprint density at radius 2 is 1.87 bits per heavy atom. The Morgan fingerprint density at radius 3 is 2.27 bits per heavy atom. The minimum Gasteiger partial charge on any atom is -0.497 e. The summed E-state index contributed by atoms with van der Waals surface area (Å²) in [5.74, 6) is -0.963. The molecule has 0 bridgehead atoms. The van der Waals surface area contributed by atoms with E-state index in [4.69, 9.17) is 10.5 Å². The third kappa shape index (κ3) is 3.16. The predicted octanol–water partition coefficient (Wildman–Crippen LogP) is 2.25. The summed E-state index contributed by atoms with van der Waals surface area (Å²) in [4.78, 5) is 0. The topological polar surface area (TPSA) is 35.2 Å². The van der Waals surface area contributed by atoms with Crippen LogP contribution in [-0.2, 0) is 6.42 Å². The van der Waals surface area contributed by atoms with E-state index in [1.165, 1.54) is 19.2 Å². The zero-order chi connectivity index (χ0) is 11.4. The molecule has 15 heavy (non-hydrogen) atoms. The summed E-state index contributed by atoms with van der Waals surface area (Å²) >= 11 is 0. The maximum atomic E-state index is 13.4. The molecule has 0 saturated carbocycles. The van der Waals surface area contributed by atoms with Gasteiger partial charge < -0.3 is 10.5 Å². The molecule has 0 fully saturated rings. The molecule has 0 saturated heterocycles. The monoisotopic (exact) mass is 215 g/mol. The first kappa shape index (κ1) is 11.9. The molecule has 0 spiro atoms. The minimum absolute atomic E-state index is 0.0640. The summed E-state index contributed by atoms with van der Waals surface area (Å²) in [6.45, 7) is 1.80. The van der Waals surface area contributed by atoms with Crippen molar-refractivity contribution < 1.29 is 13.5 Å². The molecule has 1 rings (SSSR count). The van der Waals surface area contributed by atoms with Gasteiger partial charge in [0.2, 0.25) is 0 Å². The van der Waals surface area contributed by atoms with Crippen molar-refractivity contribution in [3.8, 4) is 5.75 Å². The van der Waals surface area contributed by atoms with Crippen molar-refractivity contribution in [3.05, 3.63) is 29.3 Å². The Balaban J connectivity index is 2.88. The summed E-state index contributed by atoms with van der Waals surface area (Å²) in [5, 5.41) is 0. The Labute approximate surface area is 88.0 Å². The molecule has 0 aliphatic carbocycles. The molecular weight excluding hydrogens is 200 g/mol. The van der Waals surface area contributed by atoms with Gasteiger partial charge in [0.15, 0.2) is 0 Å². The lowest BCUT2D eigenvalue weighted by Gasteiger charge is -2.09. The van der Waals surface area contributed by atoms with Crippen LogP contribution >= 0.6 is 0 Å². The molecule has 1 aromatic carbocycles. The average Bonchev–Trinajstić information content (AvgIpc) is 2.15. The van der Waals surface area contributed by atoms with E-state index >= 15 is 0 Å². The van der Waals surface area contributed by atoms with E-state index in [1.807, 2.05) is 0 Å². The van der Waals surface area contributed by atoms with Crippen LogP contribution in [0.4, 0.5) is 8.78 Å². The Kier molecular flexibility index (Phi) is 4.03. The summed E-state index contributed by atoms with van der Waals surface area (Å²) in [5.41, 5.74) is 5.60. The molecule has 0 aliphatic rings. The van der Waals surface area contributed by atoms with Crippen LogP contribution in [0.1, 0.15) is 18.9 Å². The van der Waals surface area contributed by atoms with Crippen LogP contribution in [0.2, 0.25) is 0 Å². The maximum Gasteiger partial charge on any atom is 0.133 e. The van der Waals surface area contributed by atoms with Crippen LogP contribution in [-0.4, -0.2) is 13.2 Å². The molecular formula is C11H15F2NO. The molecule has 1 atom stereocenters. The van der Waals surface area contributed by atoms with Crippen molar-refractivity contribution in [1.29, 1.82) is 0 Å². The zero-order valence-electron chi connectivity index (χ0n) is 8.89. The van der Waals surface area contributed by atoms with Crippen LogP contribution < -0.4 is 10.5 Å². The fraction of sp³-hybridized carbons (Fsp3) is 0.455. The Morgan fingerprint density at radius 1 is 1.33 bits per heavy atom. The number of benzene rings is 1. The van der Waals surface area contributed by atoms with Gasteiger partial charge in [-0.25, -0.2) is 8.78 Å². The van der Waals surface area contributed by atoms with Crippen molar-refractivity contribution in [3.63, 3.8) is 0 Å². The number of nitrogens with two attached hydrogens (primary N) is 1. The molecule has 0 aromatic heterocycles. The number of hydrogen-bond acceptors (Lipinski definition) is 2. The van der Waals surface area contributed by atoms with E-state index in [0.717, 1.165) is 0 Å². The SMILES string of the molecule is COc1cc(F)c(CC[C@H](C)N)c(F)c1. The third-order valence-corrected chi connectivity index (χ3v) is 2.20. The van der Waals surface area contributed by atoms with Crippen molar-refractivity contribution in [2.45, 2.75) is 25.8 Å². The molecule has 4 heteroatoms. The molecule has 2 nitrogen and oxygen atoms in total. The molecule has 1 aromatic rings. The first-order valence-corrected chi connectivity index (χ1v) is 4.82. The van der Waals surface area contributed by atoms with E-state index in [9.17, 15) is 8.78 Å². The number of methoxy groups -OCH3 is 1. The highest BCUT2D eigenvalue weighted by Crippen LogP contribution is 2.21. The highest BCUT2D eigenvalue weighted by Gasteiger charge is 2.11. The summed E-state index contributed by atoms with van der Waals surface area (Å²) in [6.07, 6.45) is 0.861. The van der Waals surface area contributed by atoms with Gasteiger partial charge in [-0.3, -0.25) is 0 Å². The average molecular weight is 215 g/mol. The van der Waals surface area contributed by atoms with Gasteiger partial charge in [0.05, 0.1) is 7.11 Å². The maximum absolute atomic E-state index is 13.4. The van der Waals surface area contributed by atoms with Gasteiger partial charge in [-0.2, -0.15) is 0 Å². The van der Waals surface area contributed by atoms with Gasteiger partial charge >= 0.3 is 0 Å². The van der Waals surface area contributed by atoms with Gasteiger partial charge in [0, 0.05) is 23.7 Å². The second-order valence-corrected chi connectivity index (χ2v) is 3.59. The Bertz CT molecular complexity index is 316. The lowest BCUT2D eigenvalue weighted by Crippen LogP contribution is -2.16. The lowest BCUT2D eigenvalue weighted by molar-refractivity contribution is 0.404. The van der Waals surface area contributed by atoms with Gasteiger partial charge in [0.25, 0.3) is 0 Å². The predicted molar refractivity (Wildman–Crippen MR) is 54.9 cm³/mol. The quantitative estimate of drug-likeness (QED) is 0.836. The molecule has 0 unspecified atom stereocenters. The van der Waals surface area contributed by atoms with E-state index in [2.05, 4.69) is 0 Å². The van der Waals surface area contributed by atoms with Crippen molar-refractivity contribution in [2.75, 3.05) is 7.11 Å². The van der Waals surface area contributed by atoms with E-state index < -0.39 is 11.6 Å². The number of halogens is 2. The molecule has 84 valence electrons. The summed E-state index contributed by atoms with van der Waals surface area (Å²) < 4.78 is 31.5. The molecule has 2 N–H and O–H groups in total. The smallest absolute Gasteiger partial charge is 0.133 e. The highest BCUT2D eigenvalue weighted by molar-refractivity contribution is 5.30. The molecule has 0 amide bonds. The standard InChI is InChI=1S/C11H15F2NO/c1-7(14)3-4-9-10(12)5-8(15-2)6-11(9)13/h5-7H,3-4,14H2,1-2H3/t7-/m0/s1.